The molecule has 0 saturated carbocycles. The minimum absolute atomic E-state index is 0.0929. The van der Waals surface area contributed by atoms with Gasteiger partial charge in [0, 0.05) is 18.7 Å². The number of imide groups is 1. The van der Waals surface area contributed by atoms with E-state index in [4.69, 9.17) is 0 Å². The second-order valence-electron chi connectivity index (χ2n) is 6.72. The van der Waals surface area contributed by atoms with Gasteiger partial charge in [-0.2, -0.15) is 0 Å². The van der Waals surface area contributed by atoms with Crippen LogP contribution in [0, 0.1) is 0 Å². The molecular formula is C22H22N2O3. The molecule has 27 heavy (non-hydrogen) atoms. The number of likely N-dealkylation sites (N-methyl/N-ethyl adjacent to an activating group) is 1. The first-order valence-electron chi connectivity index (χ1n) is 8.90. The maximum Gasteiger partial charge on any atom is 0.261 e. The van der Waals surface area contributed by atoms with E-state index < -0.39 is 0 Å². The number of carbonyl (C=O) groups is 3. The lowest BCUT2D eigenvalue weighted by atomic mass is 10.1. The van der Waals surface area contributed by atoms with Crippen molar-refractivity contribution in [3.05, 3.63) is 82.9 Å². The van der Waals surface area contributed by atoms with Crippen LogP contribution < -0.4 is 0 Å². The van der Waals surface area contributed by atoms with Crippen molar-refractivity contribution in [3.8, 4) is 0 Å². The second-order valence-corrected chi connectivity index (χ2v) is 6.72. The number of carbonyl (C=O) groups excluding carboxylic acids is 3. The van der Waals surface area contributed by atoms with Gasteiger partial charge in [0.2, 0.25) is 0 Å². The molecule has 0 N–H and O–H groups in total. The number of rotatable bonds is 6. The fourth-order valence-electron chi connectivity index (χ4n) is 3.20. The molecule has 0 saturated heterocycles. The minimum Gasteiger partial charge on any atom is -0.335 e. The summed E-state index contributed by atoms with van der Waals surface area (Å²) in [5.41, 5.74) is 3.03. The highest BCUT2D eigenvalue weighted by molar-refractivity contribution is 6.21. The molecule has 138 valence electrons. The molecule has 5 heteroatoms. The van der Waals surface area contributed by atoms with Crippen molar-refractivity contribution >= 4 is 17.7 Å². The summed E-state index contributed by atoms with van der Waals surface area (Å²) in [7, 11) is 0. The van der Waals surface area contributed by atoms with Crippen LogP contribution in [-0.4, -0.2) is 40.6 Å². The van der Waals surface area contributed by atoms with E-state index >= 15 is 0 Å². The Hall–Kier alpha value is -3.21. The Kier molecular flexibility index (Phi) is 5.21. The van der Waals surface area contributed by atoms with E-state index in [1.165, 1.54) is 4.90 Å². The largest absolute Gasteiger partial charge is 0.335 e. The molecule has 2 aromatic carbocycles. The first kappa shape index (κ1) is 18.6. The lowest BCUT2D eigenvalue weighted by Crippen LogP contribution is -2.32. The molecule has 0 aromatic heterocycles. The van der Waals surface area contributed by atoms with Gasteiger partial charge in [0.25, 0.3) is 17.7 Å². The highest BCUT2D eigenvalue weighted by Gasteiger charge is 2.35. The fraction of sp³-hybridized carbons (Fsp3) is 0.227. The summed E-state index contributed by atoms with van der Waals surface area (Å²) in [4.78, 5) is 40.7. The molecule has 0 unspecified atom stereocenters. The summed E-state index contributed by atoms with van der Waals surface area (Å²) in [6.07, 6.45) is 0. The van der Waals surface area contributed by atoms with Gasteiger partial charge >= 0.3 is 0 Å². The van der Waals surface area contributed by atoms with Crippen LogP contribution >= 0.6 is 0 Å². The van der Waals surface area contributed by atoms with Crippen LogP contribution in [0.4, 0.5) is 0 Å². The van der Waals surface area contributed by atoms with Crippen molar-refractivity contribution in [2.24, 2.45) is 0 Å². The maximum atomic E-state index is 12.7. The zero-order chi connectivity index (χ0) is 19.6. The van der Waals surface area contributed by atoms with Crippen LogP contribution in [0.1, 0.15) is 50.5 Å². The Morgan fingerprint density at radius 1 is 1.04 bits per heavy atom. The monoisotopic (exact) mass is 362 g/mol. The van der Waals surface area contributed by atoms with Crippen molar-refractivity contribution in [2.75, 3.05) is 13.1 Å². The summed E-state index contributed by atoms with van der Waals surface area (Å²) in [6.45, 7) is 8.88. The number of benzene rings is 2. The van der Waals surface area contributed by atoms with Crippen molar-refractivity contribution in [1.82, 2.24) is 9.80 Å². The standard InChI is InChI=1S/C22H22N2O3/c1-4-23(13-15(2)3)20(25)17-9-7-8-16(12-17)14-24-21(26)18-10-5-6-11-19(18)22(24)27/h5-12H,2,4,13-14H2,1,3H3. The Morgan fingerprint density at radius 3 is 2.22 bits per heavy atom. The Morgan fingerprint density at radius 2 is 1.67 bits per heavy atom. The molecule has 0 bridgehead atoms. The number of hydrogen-bond donors (Lipinski definition) is 0. The molecule has 3 amide bonds. The Bertz CT molecular complexity index is 898. The van der Waals surface area contributed by atoms with Gasteiger partial charge in [-0.15, -0.1) is 0 Å². The molecule has 3 rings (SSSR count). The van der Waals surface area contributed by atoms with Gasteiger partial charge in [-0.25, -0.2) is 0 Å². The van der Waals surface area contributed by atoms with E-state index in [0.29, 0.717) is 29.8 Å². The Balaban J connectivity index is 1.81. The molecule has 0 atom stereocenters. The third-order valence-corrected chi connectivity index (χ3v) is 4.52. The zero-order valence-corrected chi connectivity index (χ0v) is 15.6. The van der Waals surface area contributed by atoms with Gasteiger partial charge in [-0.05, 0) is 43.7 Å². The van der Waals surface area contributed by atoms with Gasteiger partial charge in [-0.1, -0.05) is 36.4 Å². The summed E-state index contributed by atoms with van der Waals surface area (Å²) < 4.78 is 0. The zero-order valence-electron chi connectivity index (χ0n) is 15.6. The van der Waals surface area contributed by atoms with Crippen molar-refractivity contribution in [1.29, 1.82) is 0 Å². The average Bonchev–Trinajstić information content (AvgIpc) is 2.91. The molecule has 0 aliphatic carbocycles. The van der Waals surface area contributed by atoms with Gasteiger partial charge in [0.05, 0.1) is 17.7 Å². The molecule has 2 aromatic rings. The highest BCUT2D eigenvalue weighted by atomic mass is 16.2. The first-order valence-corrected chi connectivity index (χ1v) is 8.90. The molecule has 0 spiro atoms. The van der Waals surface area contributed by atoms with Crippen LogP contribution in [0.15, 0.2) is 60.7 Å². The number of hydrogen-bond acceptors (Lipinski definition) is 3. The minimum atomic E-state index is -0.301. The van der Waals surface area contributed by atoms with Crippen LogP contribution in [0.2, 0.25) is 0 Å². The van der Waals surface area contributed by atoms with Gasteiger partial charge in [0.15, 0.2) is 0 Å². The molecule has 5 nitrogen and oxygen atoms in total. The van der Waals surface area contributed by atoms with Gasteiger partial charge < -0.3 is 4.90 Å². The lowest BCUT2D eigenvalue weighted by Gasteiger charge is -2.21. The number of nitrogens with zero attached hydrogens (tertiary/aromatic N) is 2. The smallest absolute Gasteiger partial charge is 0.261 e. The molecule has 0 fully saturated rings. The van der Waals surface area contributed by atoms with Gasteiger partial charge in [-0.3, -0.25) is 19.3 Å². The predicted octanol–water partition coefficient (Wildman–Crippen LogP) is 3.52. The van der Waals surface area contributed by atoms with Gasteiger partial charge in [0.1, 0.15) is 0 Å². The van der Waals surface area contributed by atoms with E-state index in [1.807, 2.05) is 19.9 Å². The molecule has 1 aliphatic heterocycles. The SMILES string of the molecule is C=C(C)CN(CC)C(=O)c1cccc(CN2C(=O)c3ccccc3C2=O)c1. The maximum absolute atomic E-state index is 12.7. The molecule has 1 aliphatic rings. The van der Waals surface area contributed by atoms with Crippen molar-refractivity contribution in [2.45, 2.75) is 20.4 Å². The summed E-state index contributed by atoms with van der Waals surface area (Å²) >= 11 is 0. The third-order valence-electron chi connectivity index (χ3n) is 4.52. The van der Waals surface area contributed by atoms with Crippen LogP contribution in [-0.2, 0) is 6.54 Å². The van der Waals surface area contributed by atoms with Crippen LogP contribution in [0.3, 0.4) is 0 Å². The summed E-state index contributed by atoms with van der Waals surface area (Å²) in [6, 6.07) is 13.9. The molecular weight excluding hydrogens is 340 g/mol. The topological polar surface area (TPSA) is 57.7 Å². The van der Waals surface area contributed by atoms with E-state index in [2.05, 4.69) is 6.58 Å². The normalized spacial score (nSPS) is 12.9. The van der Waals surface area contributed by atoms with Crippen molar-refractivity contribution in [3.63, 3.8) is 0 Å². The Labute approximate surface area is 158 Å². The first-order chi connectivity index (χ1) is 12.9. The summed E-state index contributed by atoms with van der Waals surface area (Å²) in [5, 5.41) is 0. The van der Waals surface area contributed by atoms with E-state index in [-0.39, 0.29) is 24.3 Å². The average molecular weight is 362 g/mol. The third kappa shape index (κ3) is 3.67. The quantitative estimate of drug-likeness (QED) is 0.584. The number of fused-ring (bicyclic) bond motifs is 1. The number of amides is 3. The predicted molar refractivity (Wildman–Crippen MR) is 103 cm³/mol. The van der Waals surface area contributed by atoms with Crippen LogP contribution in [0.5, 0.6) is 0 Å². The van der Waals surface area contributed by atoms with Crippen molar-refractivity contribution < 1.29 is 14.4 Å². The summed E-state index contributed by atoms with van der Waals surface area (Å²) in [5.74, 6) is -0.695. The highest BCUT2D eigenvalue weighted by Crippen LogP contribution is 2.24. The van der Waals surface area contributed by atoms with E-state index in [9.17, 15) is 14.4 Å². The second kappa shape index (κ2) is 7.58. The fourth-order valence-corrected chi connectivity index (χ4v) is 3.20. The van der Waals surface area contributed by atoms with E-state index in [0.717, 1.165) is 11.1 Å². The molecule has 1 heterocycles. The van der Waals surface area contributed by atoms with Crippen LogP contribution in [0.25, 0.3) is 0 Å². The van der Waals surface area contributed by atoms with E-state index in [1.54, 1.807) is 47.4 Å². The molecule has 0 radical (unpaired) electrons. The lowest BCUT2D eigenvalue weighted by molar-refractivity contribution is 0.0642.